The first-order chi connectivity index (χ1) is 7.15. The fourth-order valence-corrected chi connectivity index (χ4v) is 1.69. The van der Waals surface area contributed by atoms with Crippen molar-refractivity contribution in [2.45, 2.75) is 20.3 Å². The molecule has 0 amide bonds. The maximum absolute atomic E-state index is 5.96. The predicted molar refractivity (Wildman–Crippen MR) is 61.6 cm³/mol. The summed E-state index contributed by atoms with van der Waals surface area (Å²) in [7, 11) is 0. The van der Waals surface area contributed by atoms with E-state index in [2.05, 4.69) is 10.9 Å². The van der Waals surface area contributed by atoms with Crippen LogP contribution in [0, 0.1) is 26.2 Å². The molecule has 2 aromatic heterocycles. The largest absolute Gasteiger partial charge is 0.395 e. The minimum absolute atomic E-state index is 0.579. The van der Waals surface area contributed by atoms with Crippen LogP contribution >= 0.6 is 0 Å². The van der Waals surface area contributed by atoms with Crippen LogP contribution in [0.15, 0.2) is 12.3 Å². The normalized spacial score (nSPS) is 10.5. The molecule has 0 aliphatic rings. The number of nitrogen functional groups attached to an aromatic ring is 1. The Morgan fingerprint density at radius 1 is 1.53 bits per heavy atom. The van der Waals surface area contributed by atoms with Crippen LogP contribution in [0.1, 0.15) is 17.0 Å². The highest BCUT2D eigenvalue weighted by Crippen LogP contribution is 2.20. The van der Waals surface area contributed by atoms with Crippen LogP contribution in [-0.4, -0.2) is 9.38 Å². The van der Waals surface area contributed by atoms with E-state index in [4.69, 9.17) is 12.2 Å². The third kappa shape index (κ3) is 1.35. The van der Waals surface area contributed by atoms with Gasteiger partial charge in [0.15, 0.2) is 5.65 Å². The number of rotatable bonds is 1. The van der Waals surface area contributed by atoms with Crippen LogP contribution in [-0.2, 0) is 6.42 Å². The summed E-state index contributed by atoms with van der Waals surface area (Å²) in [5.41, 5.74) is 10.5. The number of hydrogen-bond donors (Lipinski definition) is 1. The second kappa shape index (κ2) is 3.32. The molecule has 3 nitrogen and oxygen atoms in total. The molecule has 0 bridgehead atoms. The molecule has 0 aliphatic carbocycles. The first kappa shape index (κ1) is 9.60. The third-order valence-corrected chi connectivity index (χ3v) is 2.62. The molecule has 0 aromatic carbocycles. The molecule has 76 valence electrons. The predicted octanol–water partition coefficient (Wildman–Crippen LogP) is 1.71. The molecule has 2 heterocycles. The zero-order chi connectivity index (χ0) is 11.0. The highest BCUT2D eigenvalue weighted by Gasteiger charge is 2.10. The average molecular weight is 199 g/mol. The molecule has 0 saturated carbocycles. The monoisotopic (exact) mass is 199 g/mol. The summed E-state index contributed by atoms with van der Waals surface area (Å²) in [5, 5.41) is 0. The van der Waals surface area contributed by atoms with Gasteiger partial charge in [-0.25, -0.2) is 4.98 Å². The van der Waals surface area contributed by atoms with Crippen LogP contribution in [0.3, 0.4) is 0 Å². The maximum Gasteiger partial charge on any atom is 0.160 e. The van der Waals surface area contributed by atoms with Gasteiger partial charge in [-0.05, 0) is 25.5 Å². The number of hydrogen-bond acceptors (Lipinski definition) is 2. The Hall–Kier alpha value is -1.95. The Morgan fingerprint density at radius 2 is 2.27 bits per heavy atom. The van der Waals surface area contributed by atoms with E-state index in [0.717, 1.165) is 28.3 Å². The average Bonchev–Trinajstić information content (AvgIpc) is 2.52. The van der Waals surface area contributed by atoms with Crippen molar-refractivity contribution in [3.63, 3.8) is 0 Å². The van der Waals surface area contributed by atoms with E-state index >= 15 is 0 Å². The molecule has 0 radical (unpaired) electrons. The molecule has 0 aliphatic heterocycles. The zero-order valence-electron chi connectivity index (χ0n) is 8.91. The summed E-state index contributed by atoms with van der Waals surface area (Å²) in [5.74, 6) is 2.64. The van der Waals surface area contributed by atoms with E-state index in [1.165, 1.54) is 0 Å². The minimum atomic E-state index is 0.579. The standard InChI is InChI=1S/C12H13N3/c1-4-5-10-9(3)14-12-11(13)8(2)6-7-15(10)12/h1,6-7H,5,13H2,2-3H3. The fraction of sp³-hybridized carbons (Fsp3) is 0.250. The summed E-state index contributed by atoms with van der Waals surface area (Å²) in [6, 6.07) is 1.98. The van der Waals surface area contributed by atoms with Crippen molar-refractivity contribution in [2.75, 3.05) is 5.73 Å². The van der Waals surface area contributed by atoms with E-state index in [1.807, 2.05) is 30.5 Å². The molecule has 2 rings (SSSR count). The lowest BCUT2D eigenvalue weighted by molar-refractivity contribution is 1.04. The van der Waals surface area contributed by atoms with Gasteiger partial charge in [-0.1, -0.05) is 0 Å². The van der Waals surface area contributed by atoms with E-state index in [9.17, 15) is 0 Å². The summed E-state index contributed by atoms with van der Waals surface area (Å²) in [6.45, 7) is 3.93. The highest BCUT2D eigenvalue weighted by atomic mass is 15.0. The van der Waals surface area contributed by atoms with Gasteiger partial charge < -0.3 is 10.1 Å². The van der Waals surface area contributed by atoms with Gasteiger partial charge in [0, 0.05) is 6.20 Å². The molecule has 3 heteroatoms. The van der Waals surface area contributed by atoms with E-state index in [1.54, 1.807) is 0 Å². The Labute approximate surface area is 88.9 Å². The van der Waals surface area contributed by atoms with Crippen LogP contribution in [0.4, 0.5) is 5.69 Å². The van der Waals surface area contributed by atoms with Crippen molar-refractivity contribution in [2.24, 2.45) is 0 Å². The quantitative estimate of drug-likeness (QED) is 0.710. The van der Waals surface area contributed by atoms with E-state index < -0.39 is 0 Å². The SMILES string of the molecule is C#CCc1c(C)nc2c(N)c(C)ccn12. The van der Waals surface area contributed by atoms with Crippen LogP contribution in [0.25, 0.3) is 5.65 Å². The number of terminal acetylenes is 1. The van der Waals surface area contributed by atoms with E-state index in [0.29, 0.717) is 6.42 Å². The van der Waals surface area contributed by atoms with Crippen LogP contribution < -0.4 is 5.73 Å². The molecular formula is C12H13N3. The lowest BCUT2D eigenvalue weighted by atomic mass is 10.2. The molecule has 15 heavy (non-hydrogen) atoms. The molecule has 0 atom stereocenters. The number of fused-ring (bicyclic) bond motifs is 1. The molecule has 0 saturated heterocycles. The lowest BCUT2D eigenvalue weighted by Gasteiger charge is -2.03. The first-order valence-electron chi connectivity index (χ1n) is 4.81. The highest BCUT2D eigenvalue weighted by molar-refractivity contribution is 5.69. The number of imidazole rings is 1. The Morgan fingerprint density at radius 3 is 2.93 bits per heavy atom. The third-order valence-electron chi connectivity index (χ3n) is 2.62. The molecule has 0 unspecified atom stereocenters. The summed E-state index contributed by atoms with van der Waals surface area (Å²) in [6.07, 6.45) is 7.87. The Bertz CT molecular complexity index is 558. The number of aromatic nitrogens is 2. The smallest absolute Gasteiger partial charge is 0.160 e. The van der Waals surface area contributed by atoms with Crippen LogP contribution in [0.2, 0.25) is 0 Å². The lowest BCUT2D eigenvalue weighted by Crippen LogP contribution is -1.98. The van der Waals surface area contributed by atoms with E-state index in [-0.39, 0.29) is 0 Å². The van der Waals surface area contributed by atoms with Gasteiger partial charge >= 0.3 is 0 Å². The van der Waals surface area contributed by atoms with Crippen molar-refractivity contribution in [3.8, 4) is 12.3 Å². The summed E-state index contributed by atoms with van der Waals surface area (Å²) in [4.78, 5) is 4.43. The topological polar surface area (TPSA) is 43.3 Å². The van der Waals surface area contributed by atoms with Crippen molar-refractivity contribution in [1.29, 1.82) is 0 Å². The van der Waals surface area contributed by atoms with Crippen LogP contribution in [0.5, 0.6) is 0 Å². The number of pyridine rings is 1. The summed E-state index contributed by atoms with van der Waals surface area (Å²) < 4.78 is 1.97. The second-order valence-corrected chi connectivity index (χ2v) is 3.63. The number of nitrogens with two attached hydrogens (primary N) is 1. The Balaban J connectivity index is 2.80. The van der Waals surface area contributed by atoms with Gasteiger partial charge in [-0.15, -0.1) is 12.3 Å². The number of anilines is 1. The minimum Gasteiger partial charge on any atom is -0.395 e. The van der Waals surface area contributed by atoms with Crippen molar-refractivity contribution >= 4 is 11.3 Å². The Kier molecular flexibility index (Phi) is 2.12. The van der Waals surface area contributed by atoms with Gasteiger partial charge in [0.25, 0.3) is 0 Å². The molecule has 0 spiro atoms. The second-order valence-electron chi connectivity index (χ2n) is 3.63. The van der Waals surface area contributed by atoms with Gasteiger partial charge in [0.05, 0.1) is 23.5 Å². The zero-order valence-corrected chi connectivity index (χ0v) is 8.91. The first-order valence-corrected chi connectivity index (χ1v) is 4.81. The molecule has 0 fully saturated rings. The van der Waals surface area contributed by atoms with Gasteiger partial charge in [-0.2, -0.15) is 0 Å². The maximum atomic E-state index is 5.96. The van der Waals surface area contributed by atoms with Gasteiger partial charge in [-0.3, -0.25) is 0 Å². The van der Waals surface area contributed by atoms with Crippen molar-refractivity contribution in [1.82, 2.24) is 9.38 Å². The number of aryl methyl sites for hydroxylation is 2. The van der Waals surface area contributed by atoms with Gasteiger partial charge in [0.2, 0.25) is 0 Å². The summed E-state index contributed by atoms with van der Waals surface area (Å²) >= 11 is 0. The van der Waals surface area contributed by atoms with Gasteiger partial charge in [0.1, 0.15) is 0 Å². The van der Waals surface area contributed by atoms with Crippen molar-refractivity contribution in [3.05, 3.63) is 29.2 Å². The van der Waals surface area contributed by atoms with Crippen molar-refractivity contribution < 1.29 is 0 Å². The number of nitrogens with zero attached hydrogens (tertiary/aromatic N) is 2. The molecule has 2 N–H and O–H groups in total. The fourth-order valence-electron chi connectivity index (χ4n) is 1.69. The molecule has 2 aromatic rings. The molecular weight excluding hydrogens is 186 g/mol.